The Labute approximate surface area is 78.6 Å². The molecule has 0 unspecified atom stereocenters. The van der Waals surface area contributed by atoms with E-state index in [0.29, 0.717) is 0 Å². The van der Waals surface area contributed by atoms with E-state index in [1.807, 2.05) is 24.3 Å². The minimum atomic E-state index is 0.968. The molecule has 0 amide bonds. The Morgan fingerprint density at radius 3 is 2.92 bits per heavy atom. The molecule has 3 heteroatoms. The summed E-state index contributed by atoms with van der Waals surface area (Å²) in [6, 6.07) is 7.96. The molecule has 0 heterocycles. The number of benzene rings is 1. The molecule has 3 nitrogen and oxygen atoms in total. The van der Waals surface area contributed by atoms with Gasteiger partial charge in [0.25, 0.3) is 0 Å². The van der Waals surface area contributed by atoms with Gasteiger partial charge < -0.3 is 11.2 Å². The van der Waals surface area contributed by atoms with E-state index in [1.54, 1.807) is 6.21 Å². The number of nitrogens with two attached hydrogens (primary N) is 1. The van der Waals surface area contributed by atoms with Crippen molar-refractivity contribution in [3.8, 4) is 0 Å². The van der Waals surface area contributed by atoms with E-state index in [9.17, 15) is 0 Å². The summed E-state index contributed by atoms with van der Waals surface area (Å²) in [5, 5.41) is 6.81. The average Bonchev–Trinajstić information content (AvgIpc) is 2.17. The van der Waals surface area contributed by atoms with Crippen molar-refractivity contribution in [2.45, 2.75) is 13.3 Å². The Hall–Kier alpha value is -1.51. The van der Waals surface area contributed by atoms with E-state index in [1.165, 1.54) is 0 Å². The van der Waals surface area contributed by atoms with Crippen molar-refractivity contribution in [2.75, 3.05) is 11.9 Å². The van der Waals surface area contributed by atoms with Crippen molar-refractivity contribution < 1.29 is 0 Å². The van der Waals surface area contributed by atoms with Crippen LogP contribution in [0, 0.1) is 0 Å². The average molecular weight is 177 g/mol. The highest BCUT2D eigenvalue weighted by Gasteiger charge is 1.96. The largest absolute Gasteiger partial charge is 0.385 e. The van der Waals surface area contributed by atoms with Crippen LogP contribution >= 0.6 is 0 Å². The molecule has 0 bridgehead atoms. The van der Waals surface area contributed by atoms with Crippen molar-refractivity contribution in [3.63, 3.8) is 0 Å². The number of hydrogen-bond donors (Lipinski definition) is 2. The maximum Gasteiger partial charge on any atom is 0.0558 e. The molecule has 70 valence electrons. The molecule has 0 radical (unpaired) electrons. The first-order valence-corrected chi connectivity index (χ1v) is 4.44. The summed E-state index contributed by atoms with van der Waals surface area (Å²) in [5.74, 6) is 5.10. The van der Waals surface area contributed by atoms with E-state index in [-0.39, 0.29) is 0 Å². The van der Waals surface area contributed by atoms with Gasteiger partial charge in [-0.25, -0.2) is 0 Å². The van der Waals surface area contributed by atoms with Gasteiger partial charge in [0.2, 0.25) is 0 Å². The summed E-state index contributed by atoms with van der Waals surface area (Å²) in [4.78, 5) is 0. The molecule has 0 saturated heterocycles. The molecule has 0 aliphatic rings. The first kappa shape index (κ1) is 9.58. The molecule has 13 heavy (non-hydrogen) atoms. The Kier molecular flexibility index (Phi) is 3.82. The lowest BCUT2D eigenvalue weighted by molar-refractivity contribution is 0.979. The van der Waals surface area contributed by atoms with E-state index in [2.05, 4.69) is 17.3 Å². The van der Waals surface area contributed by atoms with Crippen LogP contribution in [0.5, 0.6) is 0 Å². The van der Waals surface area contributed by atoms with Crippen molar-refractivity contribution in [1.82, 2.24) is 0 Å². The molecule has 3 N–H and O–H groups in total. The molecule has 1 aromatic carbocycles. The molecule has 0 fully saturated rings. The molecular weight excluding hydrogens is 162 g/mol. The first-order valence-electron chi connectivity index (χ1n) is 4.44. The van der Waals surface area contributed by atoms with Crippen molar-refractivity contribution >= 4 is 11.9 Å². The minimum absolute atomic E-state index is 0.968. The topological polar surface area (TPSA) is 50.4 Å². The van der Waals surface area contributed by atoms with Crippen LogP contribution in [-0.2, 0) is 0 Å². The van der Waals surface area contributed by atoms with Gasteiger partial charge in [0, 0.05) is 17.8 Å². The Morgan fingerprint density at radius 2 is 2.23 bits per heavy atom. The SMILES string of the molecule is CCCNc1ccccc1C=NN. The van der Waals surface area contributed by atoms with E-state index in [4.69, 9.17) is 5.84 Å². The lowest BCUT2D eigenvalue weighted by Crippen LogP contribution is -2.02. The van der Waals surface area contributed by atoms with Gasteiger partial charge in [0.1, 0.15) is 0 Å². The highest BCUT2D eigenvalue weighted by molar-refractivity contribution is 5.87. The number of rotatable bonds is 4. The minimum Gasteiger partial charge on any atom is -0.385 e. The Bertz CT molecular complexity index is 281. The summed E-state index contributed by atoms with van der Waals surface area (Å²) >= 11 is 0. The molecule has 0 atom stereocenters. The highest BCUT2D eigenvalue weighted by atomic mass is 15.1. The third-order valence-electron chi connectivity index (χ3n) is 1.74. The Morgan fingerprint density at radius 1 is 1.46 bits per heavy atom. The van der Waals surface area contributed by atoms with Gasteiger partial charge in [-0.05, 0) is 12.5 Å². The van der Waals surface area contributed by atoms with Crippen molar-refractivity contribution in [2.24, 2.45) is 10.9 Å². The van der Waals surface area contributed by atoms with Gasteiger partial charge in [0.15, 0.2) is 0 Å². The fourth-order valence-corrected chi connectivity index (χ4v) is 1.11. The molecule has 0 aliphatic carbocycles. The second-order valence-electron chi connectivity index (χ2n) is 2.79. The lowest BCUT2D eigenvalue weighted by Gasteiger charge is -2.06. The zero-order chi connectivity index (χ0) is 9.52. The van der Waals surface area contributed by atoms with Gasteiger partial charge in [-0.2, -0.15) is 5.10 Å². The molecule has 1 rings (SSSR count). The molecule has 0 saturated carbocycles. The van der Waals surface area contributed by atoms with Crippen LogP contribution < -0.4 is 11.2 Å². The normalized spacial score (nSPS) is 10.5. The maximum atomic E-state index is 5.10. The van der Waals surface area contributed by atoms with Crippen LogP contribution in [0.25, 0.3) is 0 Å². The smallest absolute Gasteiger partial charge is 0.0558 e. The van der Waals surface area contributed by atoms with Crippen LogP contribution in [0.1, 0.15) is 18.9 Å². The van der Waals surface area contributed by atoms with Gasteiger partial charge >= 0.3 is 0 Å². The van der Waals surface area contributed by atoms with Crippen LogP contribution in [0.15, 0.2) is 29.4 Å². The number of anilines is 1. The van der Waals surface area contributed by atoms with Gasteiger partial charge in [-0.3, -0.25) is 0 Å². The van der Waals surface area contributed by atoms with E-state index >= 15 is 0 Å². The number of hydrazone groups is 1. The fraction of sp³-hybridized carbons (Fsp3) is 0.300. The van der Waals surface area contributed by atoms with Crippen LogP contribution in [0.3, 0.4) is 0 Å². The van der Waals surface area contributed by atoms with Gasteiger partial charge in [-0.15, -0.1) is 0 Å². The molecular formula is C10H15N3. The third-order valence-corrected chi connectivity index (χ3v) is 1.74. The molecule has 0 aliphatic heterocycles. The molecule has 0 spiro atoms. The van der Waals surface area contributed by atoms with Crippen molar-refractivity contribution in [1.29, 1.82) is 0 Å². The Balaban J connectivity index is 2.78. The third kappa shape index (κ3) is 2.78. The molecule has 1 aromatic rings. The number of nitrogens with one attached hydrogen (secondary N) is 1. The quantitative estimate of drug-likeness (QED) is 0.418. The first-order chi connectivity index (χ1) is 6.38. The van der Waals surface area contributed by atoms with E-state index < -0.39 is 0 Å². The lowest BCUT2D eigenvalue weighted by atomic mass is 10.2. The number of hydrogen-bond acceptors (Lipinski definition) is 3. The number of nitrogens with zero attached hydrogens (tertiary/aromatic N) is 1. The second-order valence-corrected chi connectivity index (χ2v) is 2.79. The maximum absolute atomic E-state index is 5.10. The second kappa shape index (κ2) is 5.19. The monoisotopic (exact) mass is 177 g/mol. The van der Waals surface area contributed by atoms with Crippen molar-refractivity contribution in [3.05, 3.63) is 29.8 Å². The standard InChI is InChI=1S/C10H15N3/c1-2-7-12-10-6-4-3-5-9(10)8-13-11/h3-6,8,12H,2,7,11H2,1H3. The zero-order valence-electron chi connectivity index (χ0n) is 7.83. The van der Waals surface area contributed by atoms with Crippen LogP contribution in [0.4, 0.5) is 5.69 Å². The van der Waals surface area contributed by atoms with Crippen LogP contribution in [0.2, 0.25) is 0 Å². The van der Waals surface area contributed by atoms with E-state index in [0.717, 1.165) is 24.2 Å². The van der Waals surface area contributed by atoms with Crippen LogP contribution in [-0.4, -0.2) is 12.8 Å². The number of para-hydroxylation sites is 1. The zero-order valence-corrected chi connectivity index (χ0v) is 7.83. The predicted molar refractivity (Wildman–Crippen MR) is 57.0 cm³/mol. The summed E-state index contributed by atoms with van der Waals surface area (Å²) in [6.07, 6.45) is 2.76. The summed E-state index contributed by atoms with van der Waals surface area (Å²) in [6.45, 7) is 3.10. The predicted octanol–water partition coefficient (Wildman–Crippen LogP) is 1.80. The summed E-state index contributed by atoms with van der Waals surface area (Å²) in [7, 11) is 0. The van der Waals surface area contributed by atoms with Gasteiger partial charge in [-0.1, -0.05) is 25.1 Å². The highest BCUT2D eigenvalue weighted by Crippen LogP contribution is 2.12. The summed E-state index contributed by atoms with van der Waals surface area (Å²) < 4.78 is 0. The molecule has 0 aromatic heterocycles. The summed E-state index contributed by atoms with van der Waals surface area (Å²) in [5.41, 5.74) is 2.11. The fourth-order valence-electron chi connectivity index (χ4n) is 1.11. The van der Waals surface area contributed by atoms with Gasteiger partial charge in [0.05, 0.1) is 6.21 Å².